The van der Waals surface area contributed by atoms with E-state index < -0.39 is 5.91 Å². The van der Waals surface area contributed by atoms with E-state index >= 15 is 0 Å². The zero-order valence-electron chi connectivity index (χ0n) is 5.74. The van der Waals surface area contributed by atoms with Gasteiger partial charge in [-0.2, -0.15) is 0 Å². The van der Waals surface area contributed by atoms with Gasteiger partial charge in [0.1, 0.15) is 0 Å². The smallest absolute Gasteiger partial charge is 0.247 e. The summed E-state index contributed by atoms with van der Waals surface area (Å²) in [5.41, 5.74) is 5.80. The van der Waals surface area contributed by atoms with Gasteiger partial charge in [-0.15, -0.1) is 0 Å². The minimum absolute atomic E-state index is 0.374. The third kappa shape index (κ3) is 1.55. The van der Waals surface area contributed by atoms with Crippen LogP contribution < -0.4 is 5.73 Å². The lowest BCUT2D eigenvalue weighted by atomic mass is 10.2. The van der Waals surface area contributed by atoms with Gasteiger partial charge in [0.2, 0.25) is 5.91 Å². The Kier molecular flexibility index (Phi) is 1.88. The number of rotatable bonds is 1. The standard InChI is InChI=1S/C8H6N2O/c1-10-7-4-2-3-6(5-7)8(9)11/h2-5H,(H2,9,11). The van der Waals surface area contributed by atoms with Gasteiger partial charge in [0.15, 0.2) is 5.69 Å². The zero-order chi connectivity index (χ0) is 8.27. The first-order valence-corrected chi connectivity index (χ1v) is 3.01. The van der Waals surface area contributed by atoms with Gasteiger partial charge < -0.3 is 5.73 Å². The Morgan fingerprint density at radius 3 is 2.82 bits per heavy atom. The second kappa shape index (κ2) is 2.84. The number of nitrogens with two attached hydrogens (primary N) is 1. The number of carbonyl (C=O) groups is 1. The molecule has 0 bridgehead atoms. The average Bonchev–Trinajstić information content (AvgIpc) is 2.05. The first-order chi connectivity index (χ1) is 5.24. The monoisotopic (exact) mass is 146 g/mol. The van der Waals surface area contributed by atoms with E-state index in [1.165, 1.54) is 6.07 Å². The lowest BCUT2D eigenvalue weighted by molar-refractivity contribution is 0.100. The van der Waals surface area contributed by atoms with Gasteiger partial charge in [-0.1, -0.05) is 18.2 Å². The van der Waals surface area contributed by atoms with Gasteiger partial charge in [0.25, 0.3) is 0 Å². The van der Waals surface area contributed by atoms with Crippen molar-refractivity contribution in [1.29, 1.82) is 0 Å². The van der Waals surface area contributed by atoms with Gasteiger partial charge in [0.05, 0.1) is 6.57 Å². The minimum Gasteiger partial charge on any atom is -0.366 e. The summed E-state index contributed by atoms with van der Waals surface area (Å²) >= 11 is 0. The number of primary amides is 1. The second-order valence-electron chi connectivity index (χ2n) is 2.03. The molecule has 0 aliphatic carbocycles. The summed E-state index contributed by atoms with van der Waals surface area (Å²) < 4.78 is 0. The fourth-order valence-electron chi connectivity index (χ4n) is 0.729. The van der Waals surface area contributed by atoms with Crippen molar-refractivity contribution < 1.29 is 4.79 Å². The van der Waals surface area contributed by atoms with E-state index in [2.05, 4.69) is 4.85 Å². The van der Waals surface area contributed by atoms with Crippen LogP contribution in [-0.2, 0) is 0 Å². The van der Waals surface area contributed by atoms with Gasteiger partial charge in [-0.3, -0.25) is 4.79 Å². The van der Waals surface area contributed by atoms with E-state index in [1.807, 2.05) is 0 Å². The lowest BCUT2D eigenvalue weighted by Gasteiger charge is -1.93. The summed E-state index contributed by atoms with van der Waals surface area (Å²) in [7, 11) is 0. The molecule has 0 radical (unpaired) electrons. The van der Waals surface area contributed by atoms with Gasteiger partial charge in [0, 0.05) is 5.56 Å². The highest BCUT2D eigenvalue weighted by Gasteiger charge is 1.98. The van der Waals surface area contributed by atoms with Crippen LogP contribution in [0, 0.1) is 6.57 Å². The van der Waals surface area contributed by atoms with Crippen LogP contribution >= 0.6 is 0 Å². The molecule has 0 heterocycles. The first kappa shape index (κ1) is 7.29. The van der Waals surface area contributed by atoms with E-state index in [0.29, 0.717) is 11.3 Å². The predicted octanol–water partition coefficient (Wildman–Crippen LogP) is 1.34. The van der Waals surface area contributed by atoms with Crippen molar-refractivity contribution >= 4 is 11.6 Å². The van der Waals surface area contributed by atoms with Gasteiger partial charge >= 0.3 is 0 Å². The molecule has 1 aromatic rings. The molecule has 3 heteroatoms. The Bertz CT molecular complexity index is 325. The van der Waals surface area contributed by atoms with Crippen molar-refractivity contribution in [2.45, 2.75) is 0 Å². The summed E-state index contributed by atoms with van der Waals surface area (Å²) in [6.07, 6.45) is 0. The molecule has 0 atom stereocenters. The number of amides is 1. The van der Waals surface area contributed by atoms with Crippen LogP contribution in [0.5, 0.6) is 0 Å². The molecular formula is C8H6N2O. The molecule has 0 fully saturated rings. The minimum atomic E-state index is -0.504. The van der Waals surface area contributed by atoms with Crippen LogP contribution in [0.4, 0.5) is 5.69 Å². The molecule has 1 amide bonds. The van der Waals surface area contributed by atoms with Crippen molar-refractivity contribution in [3.63, 3.8) is 0 Å². The van der Waals surface area contributed by atoms with Gasteiger partial charge in [-0.05, 0) is 6.07 Å². The van der Waals surface area contributed by atoms with Crippen LogP contribution in [0.1, 0.15) is 10.4 Å². The third-order valence-corrected chi connectivity index (χ3v) is 1.26. The van der Waals surface area contributed by atoms with Crippen LogP contribution in [0.3, 0.4) is 0 Å². The molecule has 0 aliphatic rings. The Labute approximate surface area is 64.3 Å². The fraction of sp³-hybridized carbons (Fsp3) is 0. The Morgan fingerprint density at radius 1 is 1.55 bits per heavy atom. The molecule has 3 nitrogen and oxygen atoms in total. The zero-order valence-corrected chi connectivity index (χ0v) is 5.74. The third-order valence-electron chi connectivity index (χ3n) is 1.26. The Hall–Kier alpha value is -1.82. The number of carbonyl (C=O) groups excluding carboxylic acids is 1. The molecule has 54 valence electrons. The van der Waals surface area contributed by atoms with Crippen molar-refractivity contribution in [3.05, 3.63) is 41.2 Å². The SMILES string of the molecule is [C-]#[N+]c1cccc(C(N)=O)c1. The summed E-state index contributed by atoms with van der Waals surface area (Å²) in [5.74, 6) is -0.504. The highest BCUT2D eigenvalue weighted by molar-refractivity contribution is 5.93. The molecule has 0 unspecified atom stereocenters. The average molecular weight is 146 g/mol. The van der Waals surface area contributed by atoms with Crippen LogP contribution in [-0.4, -0.2) is 5.91 Å². The van der Waals surface area contributed by atoms with Crippen LogP contribution in [0.15, 0.2) is 24.3 Å². The number of benzene rings is 1. The number of hydrogen-bond acceptors (Lipinski definition) is 1. The van der Waals surface area contributed by atoms with E-state index in [1.54, 1.807) is 18.2 Å². The summed E-state index contributed by atoms with van der Waals surface area (Å²) in [4.78, 5) is 13.7. The van der Waals surface area contributed by atoms with Crippen molar-refractivity contribution in [3.8, 4) is 0 Å². The fourth-order valence-corrected chi connectivity index (χ4v) is 0.729. The summed E-state index contributed by atoms with van der Waals surface area (Å²) in [6, 6.07) is 6.30. The second-order valence-corrected chi connectivity index (χ2v) is 2.03. The molecule has 0 saturated heterocycles. The van der Waals surface area contributed by atoms with E-state index in [9.17, 15) is 4.79 Å². The largest absolute Gasteiger partial charge is 0.366 e. The quantitative estimate of drug-likeness (QED) is 0.597. The van der Waals surface area contributed by atoms with E-state index in [4.69, 9.17) is 12.3 Å². The lowest BCUT2D eigenvalue weighted by Crippen LogP contribution is -2.10. The van der Waals surface area contributed by atoms with Gasteiger partial charge in [-0.25, -0.2) is 4.85 Å². The van der Waals surface area contributed by atoms with Crippen LogP contribution in [0.25, 0.3) is 4.85 Å². The molecule has 11 heavy (non-hydrogen) atoms. The molecule has 2 N–H and O–H groups in total. The number of nitrogens with zero attached hydrogens (tertiary/aromatic N) is 1. The Balaban J connectivity index is 3.13. The van der Waals surface area contributed by atoms with E-state index in [0.717, 1.165) is 0 Å². The highest BCUT2D eigenvalue weighted by Crippen LogP contribution is 2.12. The first-order valence-electron chi connectivity index (χ1n) is 3.01. The van der Waals surface area contributed by atoms with E-state index in [-0.39, 0.29) is 0 Å². The summed E-state index contributed by atoms with van der Waals surface area (Å²) in [6.45, 7) is 6.65. The molecular weight excluding hydrogens is 140 g/mol. The van der Waals surface area contributed by atoms with Crippen molar-refractivity contribution in [1.82, 2.24) is 0 Å². The highest BCUT2D eigenvalue weighted by atomic mass is 16.1. The van der Waals surface area contributed by atoms with Crippen molar-refractivity contribution in [2.75, 3.05) is 0 Å². The maximum atomic E-state index is 10.6. The molecule has 0 spiro atoms. The predicted molar refractivity (Wildman–Crippen MR) is 41.2 cm³/mol. The maximum Gasteiger partial charge on any atom is 0.247 e. The molecule has 0 aliphatic heterocycles. The topological polar surface area (TPSA) is 47.5 Å². The molecule has 0 aromatic heterocycles. The maximum absolute atomic E-state index is 10.6. The normalized spacial score (nSPS) is 8.64. The molecule has 0 saturated carbocycles. The van der Waals surface area contributed by atoms with Crippen LogP contribution in [0.2, 0.25) is 0 Å². The summed E-state index contributed by atoms with van der Waals surface area (Å²) in [5, 5.41) is 0. The Morgan fingerprint density at radius 2 is 2.27 bits per heavy atom. The number of hydrogen-bond donors (Lipinski definition) is 1. The molecule has 1 aromatic carbocycles. The van der Waals surface area contributed by atoms with Crippen molar-refractivity contribution in [2.24, 2.45) is 5.73 Å². The molecule has 1 rings (SSSR count).